The molecule has 0 saturated heterocycles. The minimum atomic E-state index is -0.0916. The van der Waals surface area contributed by atoms with Crippen LogP contribution in [-0.4, -0.2) is 38.7 Å². The minimum Gasteiger partial charge on any atom is -0.365 e. The van der Waals surface area contributed by atoms with E-state index < -0.39 is 0 Å². The van der Waals surface area contributed by atoms with Gasteiger partial charge in [0.1, 0.15) is 5.82 Å². The van der Waals surface area contributed by atoms with Crippen molar-refractivity contribution < 1.29 is 4.79 Å². The Labute approximate surface area is 166 Å². The first-order chi connectivity index (χ1) is 13.1. The maximum absolute atomic E-state index is 12.4. The van der Waals surface area contributed by atoms with Crippen molar-refractivity contribution in [2.24, 2.45) is 17.8 Å². The highest BCUT2D eigenvalue weighted by molar-refractivity contribution is 9.10. The summed E-state index contributed by atoms with van der Waals surface area (Å²) >= 11 is 3.52. The normalized spacial score (nSPS) is 25.6. The van der Waals surface area contributed by atoms with E-state index in [0.29, 0.717) is 17.7 Å². The van der Waals surface area contributed by atoms with E-state index in [4.69, 9.17) is 0 Å². The fourth-order valence-electron chi connectivity index (χ4n) is 3.96. The van der Waals surface area contributed by atoms with E-state index in [9.17, 15) is 4.79 Å². The second-order valence-electron chi connectivity index (χ2n) is 6.86. The molecule has 2 aromatic heterocycles. The zero-order valence-electron chi connectivity index (χ0n) is 15.2. The van der Waals surface area contributed by atoms with Gasteiger partial charge < -0.3 is 16.0 Å². The number of amides is 1. The number of hydrogen-bond acceptors (Lipinski definition) is 6. The molecule has 2 aliphatic carbocycles. The van der Waals surface area contributed by atoms with E-state index in [1.165, 1.54) is 0 Å². The predicted molar refractivity (Wildman–Crippen MR) is 107 cm³/mol. The molecule has 1 fully saturated rings. The Balaban J connectivity index is 1.54. The number of allylic oxidation sites excluding steroid dienone is 1. The van der Waals surface area contributed by atoms with E-state index >= 15 is 0 Å². The maximum Gasteiger partial charge on any atom is 0.229 e. The van der Waals surface area contributed by atoms with Gasteiger partial charge in [0.25, 0.3) is 0 Å². The molecule has 0 aromatic carbocycles. The van der Waals surface area contributed by atoms with Gasteiger partial charge in [-0.3, -0.25) is 9.48 Å². The predicted octanol–water partition coefficient (Wildman–Crippen LogP) is 2.55. The van der Waals surface area contributed by atoms with Crippen molar-refractivity contribution in [1.29, 1.82) is 0 Å². The Hall–Kier alpha value is -2.42. The van der Waals surface area contributed by atoms with Gasteiger partial charge in [-0.05, 0) is 41.1 Å². The van der Waals surface area contributed by atoms with Crippen LogP contribution in [-0.2, 0) is 11.3 Å². The molecule has 0 radical (unpaired) electrons. The summed E-state index contributed by atoms with van der Waals surface area (Å²) in [6.07, 6.45) is 10.7. The number of hydrogen-bond donors (Lipinski definition) is 3. The van der Waals surface area contributed by atoms with Crippen molar-refractivity contribution in [3.63, 3.8) is 0 Å². The molecular formula is C18H22BrN7O. The van der Waals surface area contributed by atoms with Gasteiger partial charge in [-0.15, -0.1) is 0 Å². The molecule has 1 saturated carbocycles. The molecule has 0 spiro atoms. The third-order valence-electron chi connectivity index (χ3n) is 5.27. The molecular weight excluding hydrogens is 410 g/mol. The highest BCUT2D eigenvalue weighted by atomic mass is 79.9. The molecule has 142 valence electrons. The number of aryl methyl sites for hydroxylation is 1. The number of rotatable bonds is 6. The van der Waals surface area contributed by atoms with Crippen LogP contribution in [0, 0.1) is 17.8 Å². The van der Waals surface area contributed by atoms with Crippen LogP contribution in [0.3, 0.4) is 0 Å². The van der Waals surface area contributed by atoms with Crippen molar-refractivity contribution in [3.8, 4) is 0 Å². The Bertz CT molecular complexity index is 880. The van der Waals surface area contributed by atoms with Crippen molar-refractivity contribution in [3.05, 3.63) is 35.2 Å². The fourth-order valence-corrected chi connectivity index (χ4v) is 4.27. The molecule has 3 N–H and O–H groups in total. The van der Waals surface area contributed by atoms with E-state index in [1.807, 2.05) is 17.8 Å². The lowest BCUT2D eigenvalue weighted by atomic mass is 9.88. The number of aromatic nitrogens is 4. The van der Waals surface area contributed by atoms with Crippen LogP contribution >= 0.6 is 15.9 Å². The third-order valence-corrected chi connectivity index (χ3v) is 5.85. The van der Waals surface area contributed by atoms with E-state index in [-0.39, 0.29) is 23.8 Å². The largest absolute Gasteiger partial charge is 0.365 e. The molecule has 2 heterocycles. The minimum absolute atomic E-state index is 0.0156. The molecule has 4 rings (SSSR count). The SMILES string of the molecule is CCn1cc(Nc2ncc(Br)c(N[C@H]3[C@@H](C(=O)NC)[C@@H]4C=C[C@H]3C4)n2)cn1. The number of anilines is 3. The average Bonchev–Trinajstić information content (AvgIpc) is 3.40. The second-order valence-corrected chi connectivity index (χ2v) is 7.71. The number of carbonyl (C=O) groups excluding carboxylic acids is 1. The number of fused-ring (bicyclic) bond motifs is 2. The van der Waals surface area contributed by atoms with Gasteiger partial charge >= 0.3 is 0 Å². The Morgan fingerprint density at radius 1 is 1.33 bits per heavy atom. The second kappa shape index (κ2) is 7.30. The lowest BCUT2D eigenvalue weighted by Gasteiger charge is -2.28. The smallest absolute Gasteiger partial charge is 0.229 e. The molecule has 2 aromatic rings. The summed E-state index contributed by atoms with van der Waals surface area (Å²) in [5.41, 5.74) is 0.830. The molecule has 8 nitrogen and oxygen atoms in total. The quantitative estimate of drug-likeness (QED) is 0.608. The van der Waals surface area contributed by atoms with Crippen LogP contribution in [0.4, 0.5) is 17.5 Å². The van der Waals surface area contributed by atoms with Gasteiger partial charge in [0.15, 0.2) is 0 Å². The maximum atomic E-state index is 12.4. The molecule has 4 atom stereocenters. The van der Waals surface area contributed by atoms with Crippen molar-refractivity contribution in [1.82, 2.24) is 25.1 Å². The van der Waals surface area contributed by atoms with Crippen molar-refractivity contribution >= 4 is 39.3 Å². The summed E-state index contributed by atoms with van der Waals surface area (Å²) in [5.74, 6) is 1.75. The van der Waals surface area contributed by atoms with Crippen LogP contribution < -0.4 is 16.0 Å². The summed E-state index contributed by atoms with van der Waals surface area (Å²) < 4.78 is 2.59. The first-order valence-corrected chi connectivity index (χ1v) is 9.86. The first kappa shape index (κ1) is 18.0. The van der Waals surface area contributed by atoms with Gasteiger partial charge in [-0.2, -0.15) is 10.1 Å². The Morgan fingerprint density at radius 2 is 2.15 bits per heavy atom. The van der Waals surface area contributed by atoms with Crippen LogP contribution in [0.15, 0.2) is 35.2 Å². The zero-order chi connectivity index (χ0) is 19.0. The molecule has 2 bridgehead atoms. The van der Waals surface area contributed by atoms with Crippen molar-refractivity contribution in [2.75, 3.05) is 17.7 Å². The molecule has 2 aliphatic rings. The molecule has 0 aliphatic heterocycles. The molecule has 27 heavy (non-hydrogen) atoms. The summed E-state index contributed by atoms with van der Waals surface area (Å²) in [5, 5.41) is 13.7. The molecule has 0 unspecified atom stereocenters. The zero-order valence-corrected chi connectivity index (χ0v) is 16.8. The van der Waals surface area contributed by atoms with Crippen LogP contribution in [0.1, 0.15) is 13.3 Å². The van der Waals surface area contributed by atoms with E-state index in [1.54, 1.807) is 19.4 Å². The van der Waals surface area contributed by atoms with Gasteiger partial charge in [0, 0.05) is 32.0 Å². The van der Waals surface area contributed by atoms with Crippen LogP contribution in [0.25, 0.3) is 0 Å². The van der Waals surface area contributed by atoms with E-state index in [0.717, 1.165) is 23.1 Å². The first-order valence-electron chi connectivity index (χ1n) is 9.07. The standard InChI is InChI=1S/C18H22BrN7O/c1-3-26-9-12(7-22-26)23-18-21-8-13(19)16(25-18)24-15-11-5-4-10(6-11)14(15)17(27)20-2/h4-5,7-11,14-15H,3,6H2,1-2H3,(H,20,27)(H2,21,23,24,25)/t10-,11+,14+,15-/m1/s1. The summed E-state index contributed by atoms with van der Waals surface area (Å²) in [6.45, 7) is 2.83. The van der Waals surface area contributed by atoms with Crippen LogP contribution in [0.5, 0.6) is 0 Å². The van der Waals surface area contributed by atoms with Gasteiger partial charge in [0.05, 0.1) is 22.3 Å². The highest BCUT2D eigenvalue weighted by Crippen LogP contribution is 2.45. The summed E-state index contributed by atoms with van der Waals surface area (Å²) in [7, 11) is 1.69. The summed E-state index contributed by atoms with van der Waals surface area (Å²) in [4.78, 5) is 21.3. The van der Waals surface area contributed by atoms with Gasteiger partial charge in [-0.25, -0.2) is 4.98 Å². The monoisotopic (exact) mass is 431 g/mol. The molecule has 1 amide bonds. The molecule has 9 heteroatoms. The fraction of sp³-hybridized carbons (Fsp3) is 0.444. The van der Waals surface area contributed by atoms with Gasteiger partial charge in [0.2, 0.25) is 11.9 Å². The van der Waals surface area contributed by atoms with Crippen LogP contribution in [0.2, 0.25) is 0 Å². The highest BCUT2D eigenvalue weighted by Gasteiger charge is 2.48. The Kier molecular flexibility index (Phi) is 4.86. The number of nitrogens with one attached hydrogen (secondary N) is 3. The number of halogens is 1. The summed E-state index contributed by atoms with van der Waals surface area (Å²) in [6, 6.07) is 0.0156. The number of nitrogens with zero attached hydrogens (tertiary/aromatic N) is 4. The average molecular weight is 432 g/mol. The lowest BCUT2D eigenvalue weighted by Crippen LogP contribution is -2.42. The van der Waals surface area contributed by atoms with Gasteiger partial charge in [-0.1, -0.05) is 12.2 Å². The Morgan fingerprint density at radius 3 is 2.89 bits per heavy atom. The number of carbonyl (C=O) groups is 1. The third kappa shape index (κ3) is 3.43. The lowest BCUT2D eigenvalue weighted by molar-refractivity contribution is -0.125. The van der Waals surface area contributed by atoms with Crippen molar-refractivity contribution in [2.45, 2.75) is 25.9 Å². The topological polar surface area (TPSA) is 96.8 Å². The van der Waals surface area contributed by atoms with E-state index in [2.05, 4.69) is 59.1 Å².